The lowest BCUT2D eigenvalue weighted by Gasteiger charge is -2.22. The van der Waals surface area contributed by atoms with Gasteiger partial charge in [0.25, 0.3) is 0 Å². The largest absolute Gasteiger partial charge is 0.497 e. The van der Waals surface area contributed by atoms with E-state index in [1.165, 1.54) is 0 Å². The predicted octanol–water partition coefficient (Wildman–Crippen LogP) is 2.70. The third-order valence-corrected chi connectivity index (χ3v) is 4.42. The van der Waals surface area contributed by atoms with Crippen molar-refractivity contribution < 1.29 is 19.1 Å². The Labute approximate surface area is 166 Å². The number of hydrogen-bond acceptors (Lipinski definition) is 4. The van der Waals surface area contributed by atoms with Gasteiger partial charge in [0.2, 0.25) is 11.8 Å². The van der Waals surface area contributed by atoms with E-state index in [4.69, 9.17) is 9.47 Å². The maximum absolute atomic E-state index is 12.7. The van der Waals surface area contributed by atoms with E-state index in [1.807, 2.05) is 56.3 Å². The maximum Gasteiger partial charge on any atom is 0.243 e. The molecule has 6 heteroatoms. The molecule has 0 spiro atoms. The Morgan fingerprint density at radius 2 is 1.71 bits per heavy atom. The molecule has 2 aromatic rings. The molecule has 6 nitrogen and oxygen atoms in total. The molecule has 0 saturated carbocycles. The van der Waals surface area contributed by atoms with Crippen molar-refractivity contribution in [1.29, 1.82) is 0 Å². The molecule has 0 bridgehead atoms. The van der Waals surface area contributed by atoms with Crippen molar-refractivity contribution >= 4 is 11.8 Å². The van der Waals surface area contributed by atoms with Gasteiger partial charge in [-0.1, -0.05) is 44.2 Å². The first-order valence-corrected chi connectivity index (χ1v) is 9.26. The van der Waals surface area contributed by atoms with Crippen LogP contribution in [0.4, 0.5) is 0 Å². The van der Waals surface area contributed by atoms with Crippen molar-refractivity contribution in [1.82, 2.24) is 10.6 Å². The summed E-state index contributed by atoms with van der Waals surface area (Å²) in [4.78, 5) is 25.0. The van der Waals surface area contributed by atoms with Gasteiger partial charge in [-0.25, -0.2) is 0 Å². The van der Waals surface area contributed by atoms with Crippen LogP contribution in [0.3, 0.4) is 0 Å². The molecule has 2 amide bonds. The Morgan fingerprint density at radius 1 is 1.00 bits per heavy atom. The molecular weight excluding hydrogens is 356 g/mol. The number of hydrogen-bond donors (Lipinski definition) is 2. The highest BCUT2D eigenvalue weighted by molar-refractivity contribution is 5.88. The smallest absolute Gasteiger partial charge is 0.243 e. The molecule has 2 aromatic carbocycles. The van der Waals surface area contributed by atoms with Gasteiger partial charge in [-0.2, -0.15) is 0 Å². The number of nitrogens with one attached hydrogen (secondary N) is 2. The second-order valence-corrected chi connectivity index (χ2v) is 6.85. The van der Waals surface area contributed by atoms with E-state index in [-0.39, 0.29) is 24.2 Å². The summed E-state index contributed by atoms with van der Waals surface area (Å²) in [5, 5.41) is 5.73. The van der Waals surface area contributed by atoms with Gasteiger partial charge < -0.3 is 20.1 Å². The predicted molar refractivity (Wildman–Crippen MR) is 108 cm³/mol. The summed E-state index contributed by atoms with van der Waals surface area (Å²) in [6.45, 7) is 4.10. The molecule has 2 rings (SSSR count). The van der Waals surface area contributed by atoms with Gasteiger partial charge in [0.15, 0.2) is 0 Å². The third kappa shape index (κ3) is 6.01. The highest BCUT2D eigenvalue weighted by Gasteiger charge is 2.24. The zero-order valence-electron chi connectivity index (χ0n) is 16.8. The van der Waals surface area contributed by atoms with Crippen molar-refractivity contribution in [2.75, 3.05) is 14.2 Å². The molecule has 0 radical (unpaired) electrons. The highest BCUT2D eigenvalue weighted by atomic mass is 16.5. The Hall–Kier alpha value is -3.02. The van der Waals surface area contributed by atoms with Crippen LogP contribution >= 0.6 is 0 Å². The Balaban J connectivity index is 1.98. The zero-order valence-corrected chi connectivity index (χ0v) is 16.8. The van der Waals surface area contributed by atoms with Crippen molar-refractivity contribution in [3.63, 3.8) is 0 Å². The number of methoxy groups -OCH3 is 2. The highest BCUT2D eigenvalue weighted by Crippen LogP contribution is 2.24. The summed E-state index contributed by atoms with van der Waals surface area (Å²) in [6, 6.07) is 14.3. The molecule has 28 heavy (non-hydrogen) atoms. The summed E-state index contributed by atoms with van der Waals surface area (Å²) < 4.78 is 10.5. The summed E-state index contributed by atoms with van der Waals surface area (Å²) >= 11 is 0. The number of carbonyl (C=O) groups excluding carboxylic acids is 2. The van der Waals surface area contributed by atoms with E-state index in [9.17, 15) is 9.59 Å². The second kappa shape index (κ2) is 10.3. The van der Waals surface area contributed by atoms with Crippen LogP contribution in [0.15, 0.2) is 48.5 Å². The van der Waals surface area contributed by atoms with E-state index in [1.54, 1.807) is 20.3 Å². The van der Waals surface area contributed by atoms with Gasteiger partial charge in [0, 0.05) is 18.2 Å². The molecule has 0 heterocycles. The van der Waals surface area contributed by atoms with Crippen LogP contribution in [0.5, 0.6) is 11.5 Å². The summed E-state index contributed by atoms with van der Waals surface area (Å²) in [5.74, 6) is 0.864. The number of carbonyl (C=O) groups is 2. The Kier molecular flexibility index (Phi) is 7.87. The molecule has 0 aliphatic rings. The van der Waals surface area contributed by atoms with Gasteiger partial charge in [-0.3, -0.25) is 9.59 Å². The van der Waals surface area contributed by atoms with Gasteiger partial charge in [0.05, 0.1) is 20.6 Å². The zero-order chi connectivity index (χ0) is 20.5. The Bertz CT molecular complexity index is 790. The first kappa shape index (κ1) is 21.3. The average Bonchev–Trinajstić information content (AvgIpc) is 2.70. The molecule has 0 saturated heterocycles. The number of amides is 2. The second-order valence-electron chi connectivity index (χ2n) is 6.85. The van der Waals surface area contributed by atoms with E-state index in [0.717, 1.165) is 11.1 Å². The molecule has 0 aliphatic carbocycles. The quantitative estimate of drug-likeness (QED) is 0.697. The maximum atomic E-state index is 12.7. The van der Waals surface area contributed by atoms with Crippen LogP contribution in [-0.2, 0) is 22.6 Å². The molecule has 0 fully saturated rings. The van der Waals surface area contributed by atoms with Crippen LogP contribution in [-0.4, -0.2) is 32.1 Å². The topological polar surface area (TPSA) is 76.7 Å². The fourth-order valence-corrected chi connectivity index (χ4v) is 2.83. The number of benzene rings is 2. The molecule has 1 atom stereocenters. The van der Waals surface area contributed by atoms with Crippen molar-refractivity contribution in [3.8, 4) is 11.5 Å². The van der Waals surface area contributed by atoms with Crippen LogP contribution < -0.4 is 20.1 Å². The molecular formula is C22H28N2O4. The van der Waals surface area contributed by atoms with Crippen LogP contribution in [0, 0.1) is 5.92 Å². The fourth-order valence-electron chi connectivity index (χ4n) is 2.83. The van der Waals surface area contributed by atoms with Crippen LogP contribution in [0.1, 0.15) is 25.0 Å². The minimum Gasteiger partial charge on any atom is -0.497 e. The minimum absolute atomic E-state index is 0.0440. The van der Waals surface area contributed by atoms with Crippen molar-refractivity contribution in [2.24, 2.45) is 5.92 Å². The summed E-state index contributed by atoms with van der Waals surface area (Å²) in [7, 11) is 3.16. The fraction of sp³-hybridized carbons (Fsp3) is 0.364. The van der Waals surface area contributed by atoms with Crippen molar-refractivity contribution in [2.45, 2.75) is 32.9 Å². The molecule has 0 aromatic heterocycles. The SMILES string of the molecule is COc1ccc(CNC(=O)C(NC(=O)Cc2ccccc2)C(C)C)c(OC)c1. The van der Waals surface area contributed by atoms with Crippen LogP contribution in [0.25, 0.3) is 0 Å². The Morgan fingerprint density at radius 3 is 2.32 bits per heavy atom. The molecule has 0 aliphatic heterocycles. The van der Waals surface area contributed by atoms with Crippen molar-refractivity contribution in [3.05, 3.63) is 59.7 Å². The summed E-state index contributed by atoms with van der Waals surface area (Å²) in [6.07, 6.45) is 0.240. The van der Waals surface area contributed by atoms with E-state index in [0.29, 0.717) is 18.0 Å². The number of rotatable bonds is 9. The van der Waals surface area contributed by atoms with Gasteiger partial charge in [0.1, 0.15) is 17.5 Å². The van der Waals surface area contributed by atoms with Crippen LogP contribution in [0.2, 0.25) is 0 Å². The average molecular weight is 384 g/mol. The first-order chi connectivity index (χ1) is 13.4. The summed E-state index contributed by atoms with van der Waals surface area (Å²) in [5.41, 5.74) is 1.74. The van der Waals surface area contributed by atoms with Gasteiger partial charge in [-0.15, -0.1) is 0 Å². The molecule has 2 N–H and O–H groups in total. The lowest BCUT2D eigenvalue weighted by Crippen LogP contribution is -2.49. The molecule has 150 valence electrons. The van der Waals surface area contributed by atoms with Gasteiger partial charge in [-0.05, 0) is 23.6 Å². The number of ether oxygens (including phenoxy) is 2. The van der Waals surface area contributed by atoms with E-state index >= 15 is 0 Å². The minimum atomic E-state index is -0.611. The molecule has 1 unspecified atom stereocenters. The first-order valence-electron chi connectivity index (χ1n) is 9.26. The lowest BCUT2D eigenvalue weighted by atomic mass is 10.0. The standard InChI is InChI=1S/C22H28N2O4/c1-15(2)21(24-20(25)12-16-8-6-5-7-9-16)22(26)23-14-17-10-11-18(27-3)13-19(17)28-4/h5-11,13,15,21H,12,14H2,1-4H3,(H,23,26)(H,24,25). The monoisotopic (exact) mass is 384 g/mol. The van der Waals surface area contributed by atoms with E-state index in [2.05, 4.69) is 10.6 Å². The van der Waals surface area contributed by atoms with E-state index < -0.39 is 6.04 Å². The lowest BCUT2D eigenvalue weighted by molar-refractivity contribution is -0.129. The third-order valence-electron chi connectivity index (χ3n) is 4.42. The normalized spacial score (nSPS) is 11.6. The van der Waals surface area contributed by atoms with Gasteiger partial charge >= 0.3 is 0 Å².